The van der Waals surface area contributed by atoms with Crippen LogP contribution < -0.4 is 10.2 Å². The van der Waals surface area contributed by atoms with Crippen LogP contribution in [-0.2, 0) is 4.74 Å². The smallest absolute Gasteiger partial charge is 0.407 e. The van der Waals surface area contributed by atoms with Gasteiger partial charge in [-0.25, -0.2) is 14.8 Å². The third-order valence-electron chi connectivity index (χ3n) is 4.12. The number of anilines is 1. The Balaban J connectivity index is 1.70. The number of pyridine rings is 1. The normalized spacial score (nSPS) is 18.2. The van der Waals surface area contributed by atoms with E-state index in [4.69, 9.17) is 4.74 Å². The number of ether oxygens (including phenoxy) is 1. The maximum Gasteiger partial charge on any atom is 0.407 e. The number of aromatic nitrogens is 3. The number of piperidine rings is 1. The molecular weight excluding hydrogens is 318 g/mol. The van der Waals surface area contributed by atoms with Crippen molar-refractivity contribution in [1.82, 2.24) is 20.3 Å². The van der Waals surface area contributed by atoms with Crippen molar-refractivity contribution >= 4 is 23.1 Å². The van der Waals surface area contributed by atoms with Gasteiger partial charge in [-0.2, -0.15) is 0 Å². The van der Waals surface area contributed by atoms with Crippen LogP contribution in [0.15, 0.2) is 24.5 Å². The highest BCUT2D eigenvalue weighted by Gasteiger charge is 2.25. The molecule has 7 nitrogen and oxygen atoms in total. The zero-order valence-corrected chi connectivity index (χ0v) is 15.0. The Kier molecular flexibility index (Phi) is 5.01. The summed E-state index contributed by atoms with van der Waals surface area (Å²) in [7, 11) is 0. The standard InChI is InChI=1S/C18H25N5O2/c1-18(2,3)25-17(24)21-12-13-6-4-5-11-23(13)15-8-7-14-16(22-15)20-10-9-19-14/h7-10,13H,4-6,11-12H2,1-3H3,(H,21,24). The molecule has 1 atom stereocenters. The van der Waals surface area contributed by atoms with Crippen molar-refractivity contribution in [3.05, 3.63) is 24.5 Å². The van der Waals surface area contributed by atoms with E-state index in [0.717, 1.165) is 37.1 Å². The molecule has 1 saturated heterocycles. The molecule has 1 fully saturated rings. The maximum atomic E-state index is 11.9. The predicted octanol–water partition coefficient (Wildman–Crippen LogP) is 2.91. The molecule has 3 rings (SSSR count). The van der Waals surface area contributed by atoms with Crippen LogP contribution in [-0.4, -0.2) is 45.8 Å². The molecule has 1 amide bonds. The molecule has 0 radical (unpaired) electrons. The lowest BCUT2D eigenvalue weighted by molar-refractivity contribution is 0.0523. The second-order valence-electron chi connectivity index (χ2n) is 7.29. The number of nitrogens with one attached hydrogen (secondary N) is 1. The van der Waals surface area contributed by atoms with Crippen molar-refractivity contribution in [2.24, 2.45) is 0 Å². The molecule has 1 aliphatic rings. The quantitative estimate of drug-likeness (QED) is 0.923. The number of fused-ring (bicyclic) bond motifs is 1. The molecule has 2 aromatic rings. The van der Waals surface area contributed by atoms with Gasteiger partial charge in [-0.1, -0.05) is 0 Å². The first-order valence-electron chi connectivity index (χ1n) is 8.74. The summed E-state index contributed by atoms with van der Waals surface area (Å²) in [6, 6.07) is 4.11. The van der Waals surface area contributed by atoms with E-state index in [1.165, 1.54) is 0 Å². The van der Waals surface area contributed by atoms with Gasteiger partial charge < -0.3 is 15.0 Å². The molecule has 1 unspecified atom stereocenters. The number of nitrogens with zero attached hydrogens (tertiary/aromatic N) is 4. The average molecular weight is 343 g/mol. The first-order valence-corrected chi connectivity index (χ1v) is 8.74. The van der Waals surface area contributed by atoms with Gasteiger partial charge in [-0.15, -0.1) is 0 Å². The van der Waals surface area contributed by atoms with E-state index in [0.29, 0.717) is 12.2 Å². The van der Waals surface area contributed by atoms with Gasteiger partial charge in [-0.05, 0) is 52.2 Å². The van der Waals surface area contributed by atoms with Crippen molar-refractivity contribution in [3.8, 4) is 0 Å². The lowest BCUT2D eigenvalue weighted by Crippen LogP contribution is -2.48. The van der Waals surface area contributed by atoms with Gasteiger partial charge >= 0.3 is 6.09 Å². The second-order valence-corrected chi connectivity index (χ2v) is 7.29. The molecule has 0 aliphatic carbocycles. The first kappa shape index (κ1) is 17.4. The zero-order valence-electron chi connectivity index (χ0n) is 15.0. The van der Waals surface area contributed by atoms with Crippen LogP contribution in [0.4, 0.5) is 10.6 Å². The Morgan fingerprint density at radius 2 is 2.08 bits per heavy atom. The molecule has 0 spiro atoms. The summed E-state index contributed by atoms with van der Waals surface area (Å²) in [6.07, 6.45) is 6.20. The number of alkyl carbamates (subject to hydrolysis) is 1. The molecule has 134 valence electrons. The Morgan fingerprint density at radius 1 is 1.28 bits per heavy atom. The molecule has 0 saturated carbocycles. The van der Waals surface area contributed by atoms with Crippen LogP contribution in [0.2, 0.25) is 0 Å². The van der Waals surface area contributed by atoms with Crippen LogP contribution in [0.5, 0.6) is 0 Å². The maximum absolute atomic E-state index is 11.9. The summed E-state index contributed by atoms with van der Waals surface area (Å²) in [5, 5.41) is 2.89. The molecule has 0 aromatic carbocycles. The van der Waals surface area contributed by atoms with E-state index >= 15 is 0 Å². The Morgan fingerprint density at radius 3 is 2.88 bits per heavy atom. The van der Waals surface area contributed by atoms with Gasteiger partial charge in [0, 0.05) is 31.5 Å². The molecule has 3 heterocycles. The van der Waals surface area contributed by atoms with Gasteiger partial charge in [0.1, 0.15) is 16.9 Å². The summed E-state index contributed by atoms with van der Waals surface area (Å²) in [5.41, 5.74) is 0.936. The van der Waals surface area contributed by atoms with E-state index < -0.39 is 5.60 Å². The lowest BCUT2D eigenvalue weighted by Gasteiger charge is -2.36. The van der Waals surface area contributed by atoms with Crippen LogP contribution in [0.3, 0.4) is 0 Å². The minimum absolute atomic E-state index is 0.197. The number of amides is 1. The second kappa shape index (κ2) is 7.21. The van der Waals surface area contributed by atoms with Crippen molar-refractivity contribution in [1.29, 1.82) is 0 Å². The van der Waals surface area contributed by atoms with Crippen LogP contribution in [0.25, 0.3) is 11.2 Å². The molecule has 1 aliphatic heterocycles. The highest BCUT2D eigenvalue weighted by molar-refractivity contribution is 5.72. The van der Waals surface area contributed by atoms with E-state index in [1.807, 2.05) is 32.9 Å². The molecule has 7 heteroatoms. The van der Waals surface area contributed by atoms with Gasteiger partial charge in [0.15, 0.2) is 5.65 Å². The van der Waals surface area contributed by atoms with E-state index in [1.54, 1.807) is 12.4 Å². The fraction of sp³-hybridized carbons (Fsp3) is 0.556. The molecule has 1 N–H and O–H groups in total. The summed E-state index contributed by atoms with van der Waals surface area (Å²) >= 11 is 0. The molecular formula is C18H25N5O2. The minimum Gasteiger partial charge on any atom is -0.444 e. The number of rotatable bonds is 3. The Labute approximate surface area is 147 Å². The van der Waals surface area contributed by atoms with Gasteiger partial charge in [0.25, 0.3) is 0 Å². The van der Waals surface area contributed by atoms with Crippen LogP contribution in [0, 0.1) is 0 Å². The fourth-order valence-corrected chi connectivity index (χ4v) is 3.03. The van der Waals surface area contributed by atoms with E-state index in [2.05, 4.69) is 25.2 Å². The zero-order chi connectivity index (χ0) is 17.9. The van der Waals surface area contributed by atoms with E-state index in [-0.39, 0.29) is 12.1 Å². The number of carbonyl (C=O) groups is 1. The first-order chi connectivity index (χ1) is 11.9. The predicted molar refractivity (Wildman–Crippen MR) is 96.6 cm³/mol. The molecule has 0 bridgehead atoms. The Bertz CT molecular complexity index is 744. The topological polar surface area (TPSA) is 80.2 Å². The summed E-state index contributed by atoms with van der Waals surface area (Å²) in [5.74, 6) is 0.878. The van der Waals surface area contributed by atoms with E-state index in [9.17, 15) is 4.79 Å². The van der Waals surface area contributed by atoms with Gasteiger partial charge in [-0.3, -0.25) is 4.98 Å². The number of hydrogen-bond donors (Lipinski definition) is 1. The summed E-state index contributed by atoms with van der Waals surface area (Å²) in [6.45, 7) is 7.03. The monoisotopic (exact) mass is 343 g/mol. The number of hydrogen-bond acceptors (Lipinski definition) is 6. The third kappa shape index (κ3) is 4.55. The SMILES string of the molecule is CC(C)(C)OC(=O)NCC1CCCCN1c1ccc2nccnc2n1. The van der Waals surface area contributed by atoms with Gasteiger partial charge in [0.2, 0.25) is 0 Å². The minimum atomic E-state index is -0.491. The largest absolute Gasteiger partial charge is 0.444 e. The third-order valence-corrected chi connectivity index (χ3v) is 4.12. The molecule has 2 aromatic heterocycles. The van der Waals surface area contributed by atoms with Crippen molar-refractivity contribution in [3.63, 3.8) is 0 Å². The molecule has 25 heavy (non-hydrogen) atoms. The lowest BCUT2D eigenvalue weighted by atomic mass is 10.0. The highest BCUT2D eigenvalue weighted by Crippen LogP contribution is 2.24. The van der Waals surface area contributed by atoms with Crippen LogP contribution in [0.1, 0.15) is 40.0 Å². The van der Waals surface area contributed by atoms with Crippen LogP contribution >= 0.6 is 0 Å². The Hall–Kier alpha value is -2.44. The summed E-state index contributed by atoms with van der Waals surface area (Å²) in [4.78, 5) is 27.4. The summed E-state index contributed by atoms with van der Waals surface area (Å²) < 4.78 is 5.32. The van der Waals surface area contributed by atoms with Gasteiger partial charge in [0.05, 0.1) is 0 Å². The van der Waals surface area contributed by atoms with Crippen molar-refractivity contribution < 1.29 is 9.53 Å². The van der Waals surface area contributed by atoms with Crippen molar-refractivity contribution in [2.75, 3.05) is 18.0 Å². The van der Waals surface area contributed by atoms with Crippen molar-refractivity contribution in [2.45, 2.75) is 51.7 Å². The fourth-order valence-electron chi connectivity index (χ4n) is 3.03. The average Bonchev–Trinajstić information content (AvgIpc) is 2.58. The number of carbonyl (C=O) groups excluding carboxylic acids is 1. The highest BCUT2D eigenvalue weighted by atomic mass is 16.6.